The van der Waals surface area contributed by atoms with Gasteiger partial charge in [-0.25, -0.2) is 13.1 Å². The Morgan fingerprint density at radius 1 is 1.32 bits per heavy atom. The molecule has 1 heterocycles. The lowest BCUT2D eigenvalue weighted by Crippen LogP contribution is -2.49. The van der Waals surface area contributed by atoms with Gasteiger partial charge in [-0.3, -0.25) is 4.79 Å². The van der Waals surface area contributed by atoms with Crippen LogP contribution in [0.25, 0.3) is 0 Å². The van der Waals surface area contributed by atoms with Crippen molar-refractivity contribution in [1.82, 2.24) is 10.0 Å². The van der Waals surface area contributed by atoms with Crippen LogP contribution in [0.2, 0.25) is 0 Å². The van der Waals surface area contributed by atoms with Gasteiger partial charge in [-0.15, -0.1) is 0 Å². The predicted octanol–water partition coefficient (Wildman–Crippen LogP) is 0.717. The van der Waals surface area contributed by atoms with E-state index in [1.807, 2.05) is 0 Å². The number of nitrogens with one attached hydrogen (secondary N) is 2. The fourth-order valence-corrected chi connectivity index (χ4v) is 4.40. The van der Waals surface area contributed by atoms with E-state index in [4.69, 9.17) is 9.47 Å². The highest BCUT2D eigenvalue weighted by Gasteiger charge is 2.32. The van der Waals surface area contributed by atoms with Crippen molar-refractivity contribution in [3.05, 3.63) is 36.4 Å². The molecule has 0 spiro atoms. The first-order valence-electron chi connectivity index (χ1n) is 9.31. The molecular weight excluding hydrogens is 384 g/mol. The second kappa shape index (κ2) is 9.04. The van der Waals surface area contributed by atoms with Crippen LogP contribution in [0.4, 0.5) is 0 Å². The Kier molecular flexibility index (Phi) is 6.71. The molecule has 1 aliphatic heterocycles. The largest absolute Gasteiger partial charge is 0.497 e. The molecule has 1 aromatic rings. The summed E-state index contributed by atoms with van der Waals surface area (Å²) in [5, 5.41) is 12.6. The summed E-state index contributed by atoms with van der Waals surface area (Å²) in [6.07, 6.45) is 5.27. The number of carbonyl (C=O) groups excluding carboxylic acids is 1. The number of hydrogen-bond acceptors (Lipinski definition) is 6. The van der Waals surface area contributed by atoms with Crippen molar-refractivity contribution >= 4 is 15.9 Å². The van der Waals surface area contributed by atoms with Gasteiger partial charge in [0.2, 0.25) is 15.9 Å². The number of aliphatic hydroxyl groups excluding tert-OH is 1. The smallest absolute Gasteiger partial charge is 0.241 e. The van der Waals surface area contributed by atoms with Crippen LogP contribution in [0.15, 0.2) is 41.3 Å². The van der Waals surface area contributed by atoms with Crippen LogP contribution < -0.4 is 14.8 Å². The summed E-state index contributed by atoms with van der Waals surface area (Å²) in [7, 11) is -2.38. The molecule has 2 aliphatic rings. The van der Waals surface area contributed by atoms with E-state index in [1.54, 1.807) is 24.3 Å². The van der Waals surface area contributed by atoms with Crippen LogP contribution in [0.3, 0.4) is 0 Å². The zero-order valence-electron chi connectivity index (χ0n) is 15.7. The van der Waals surface area contributed by atoms with E-state index in [0.717, 1.165) is 19.3 Å². The third-order valence-corrected chi connectivity index (χ3v) is 6.42. The lowest BCUT2D eigenvalue weighted by atomic mass is 9.93. The Hall–Kier alpha value is -1.94. The van der Waals surface area contributed by atoms with E-state index in [0.29, 0.717) is 5.75 Å². The maximum absolute atomic E-state index is 12.6. The third-order valence-electron chi connectivity index (χ3n) is 4.96. The highest BCUT2D eigenvalue weighted by molar-refractivity contribution is 7.89. The molecule has 0 bridgehead atoms. The molecule has 1 saturated carbocycles. The van der Waals surface area contributed by atoms with Crippen molar-refractivity contribution in [2.24, 2.45) is 0 Å². The van der Waals surface area contributed by atoms with E-state index in [-0.39, 0.29) is 29.9 Å². The molecule has 9 heteroatoms. The number of aliphatic hydroxyl groups is 1. The van der Waals surface area contributed by atoms with E-state index >= 15 is 0 Å². The van der Waals surface area contributed by atoms with Crippen LogP contribution >= 0.6 is 0 Å². The maximum Gasteiger partial charge on any atom is 0.241 e. The average molecular weight is 410 g/mol. The molecule has 3 N–H and O–H groups in total. The van der Waals surface area contributed by atoms with Crippen molar-refractivity contribution in [3.8, 4) is 5.75 Å². The number of amides is 1. The molecule has 0 unspecified atom stereocenters. The Morgan fingerprint density at radius 2 is 2.11 bits per heavy atom. The van der Waals surface area contributed by atoms with Crippen molar-refractivity contribution in [2.45, 2.75) is 54.9 Å². The van der Waals surface area contributed by atoms with Gasteiger partial charge in [-0.05, 0) is 31.4 Å². The Bertz CT molecular complexity index is 821. The Balaban J connectivity index is 1.64. The van der Waals surface area contributed by atoms with Gasteiger partial charge in [0.25, 0.3) is 0 Å². The maximum atomic E-state index is 12.6. The molecule has 1 aromatic carbocycles. The number of benzene rings is 1. The highest BCUT2D eigenvalue weighted by Crippen LogP contribution is 2.22. The molecule has 1 fully saturated rings. The quantitative estimate of drug-likeness (QED) is 0.544. The second-order valence-corrected chi connectivity index (χ2v) is 8.72. The van der Waals surface area contributed by atoms with Gasteiger partial charge in [0.15, 0.2) is 0 Å². The van der Waals surface area contributed by atoms with Gasteiger partial charge >= 0.3 is 0 Å². The summed E-state index contributed by atoms with van der Waals surface area (Å²) in [6.45, 7) is -0.379. The average Bonchev–Trinajstić information content (AvgIpc) is 2.65. The standard InChI is InChI=1S/C19H26N2O6S/c1-26-14-6-3-7-16(10-14)28(24,25)21-17-9-8-15(27-18(17)12-22)11-19(23)20-13-4-2-5-13/h3,6-10,13,15,17-18,21-22H,2,4-5,11-12H2,1H3,(H,20,23)/t15-,17+,18+/m0/s1. The van der Waals surface area contributed by atoms with Gasteiger partial charge in [0.05, 0.1) is 37.2 Å². The Morgan fingerprint density at radius 3 is 2.75 bits per heavy atom. The fraction of sp³-hybridized carbons (Fsp3) is 0.526. The van der Waals surface area contributed by atoms with Crippen LogP contribution in [-0.4, -0.2) is 57.4 Å². The summed E-state index contributed by atoms with van der Waals surface area (Å²) in [5.41, 5.74) is 0. The van der Waals surface area contributed by atoms with Gasteiger partial charge < -0.3 is 19.9 Å². The van der Waals surface area contributed by atoms with E-state index < -0.39 is 28.3 Å². The summed E-state index contributed by atoms with van der Waals surface area (Å²) >= 11 is 0. The number of ether oxygens (including phenoxy) is 2. The fourth-order valence-electron chi connectivity index (χ4n) is 3.15. The zero-order chi connectivity index (χ0) is 20.1. The van der Waals surface area contributed by atoms with Gasteiger partial charge in [0, 0.05) is 12.1 Å². The van der Waals surface area contributed by atoms with Crippen molar-refractivity contribution < 1.29 is 27.8 Å². The molecule has 1 amide bonds. The summed E-state index contributed by atoms with van der Waals surface area (Å²) < 4.78 is 38.6. The lowest BCUT2D eigenvalue weighted by molar-refractivity contribution is -0.126. The topological polar surface area (TPSA) is 114 Å². The minimum atomic E-state index is -3.84. The van der Waals surface area contributed by atoms with Gasteiger partial charge in [-0.1, -0.05) is 18.2 Å². The van der Waals surface area contributed by atoms with Gasteiger partial charge in [0.1, 0.15) is 11.9 Å². The summed E-state index contributed by atoms with van der Waals surface area (Å²) in [4.78, 5) is 12.1. The first kappa shape index (κ1) is 20.8. The van der Waals surface area contributed by atoms with Gasteiger partial charge in [-0.2, -0.15) is 0 Å². The molecule has 8 nitrogen and oxygen atoms in total. The predicted molar refractivity (Wildman–Crippen MR) is 102 cm³/mol. The van der Waals surface area contributed by atoms with Crippen LogP contribution in [-0.2, 0) is 19.6 Å². The molecule has 28 heavy (non-hydrogen) atoms. The molecule has 0 radical (unpaired) electrons. The summed E-state index contributed by atoms with van der Waals surface area (Å²) in [5.74, 6) is 0.320. The van der Waals surface area contributed by atoms with Crippen molar-refractivity contribution in [2.75, 3.05) is 13.7 Å². The SMILES string of the molecule is COc1cccc(S(=O)(=O)N[C@@H]2C=C[C@@H](CC(=O)NC3CCC3)O[C@@H]2CO)c1. The normalized spacial score (nSPS) is 25.1. The third kappa shape index (κ3) is 5.11. The molecule has 3 rings (SSSR count). The van der Waals surface area contributed by atoms with Crippen LogP contribution in [0.1, 0.15) is 25.7 Å². The summed E-state index contributed by atoms with van der Waals surface area (Å²) in [6, 6.07) is 5.61. The highest BCUT2D eigenvalue weighted by atomic mass is 32.2. The molecule has 3 atom stereocenters. The minimum Gasteiger partial charge on any atom is -0.497 e. The number of carbonyl (C=O) groups is 1. The number of sulfonamides is 1. The molecule has 0 aromatic heterocycles. The second-order valence-electron chi connectivity index (χ2n) is 7.01. The zero-order valence-corrected chi connectivity index (χ0v) is 16.5. The molecular formula is C19H26N2O6S. The van der Waals surface area contributed by atoms with E-state index in [2.05, 4.69) is 10.0 Å². The Labute approximate surface area is 165 Å². The monoisotopic (exact) mass is 410 g/mol. The molecule has 154 valence electrons. The number of hydrogen-bond donors (Lipinski definition) is 3. The van der Waals surface area contributed by atoms with Crippen molar-refractivity contribution in [1.29, 1.82) is 0 Å². The number of rotatable bonds is 8. The van der Waals surface area contributed by atoms with Crippen LogP contribution in [0.5, 0.6) is 5.75 Å². The number of methoxy groups -OCH3 is 1. The minimum absolute atomic E-state index is 0.0546. The first-order valence-corrected chi connectivity index (χ1v) is 10.8. The van der Waals surface area contributed by atoms with Crippen molar-refractivity contribution in [3.63, 3.8) is 0 Å². The van der Waals surface area contributed by atoms with E-state index in [1.165, 1.54) is 19.2 Å². The molecule has 1 aliphatic carbocycles. The lowest BCUT2D eigenvalue weighted by Gasteiger charge is -2.32. The molecule has 0 saturated heterocycles. The first-order chi connectivity index (χ1) is 13.4. The van der Waals surface area contributed by atoms with Crippen LogP contribution in [0, 0.1) is 0 Å². The van der Waals surface area contributed by atoms with E-state index in [9.17, 15) is 18.3 Å².